The van der Waals surface area contributed by atoms with Gasteiger partial charge in [-0.2, -0.15) is 0 Å². The van der Waals surface area contributed by atoms with E-state index >= 15 is 0 Å². The normalized spacial score (nSPS) is 25.5. The zero-order chi connectivity index (χ0) is 23.4. The van der Waals surface area contributed by atoms with E-state index < -0.39 is 0 Å². The molecule has 1 N–H and O–H groups in total. The van der Waals surface area contributed by atoms with Crippen molar-refractivity contribution in [1.82, 2.24) is 10.2 Å². The Morgan fingerprint density at radius 2 is 1.58 bits per heavy atom. The third-order valence-corrected chi connectivity index (χ3v) is 7.78. The molecule has 2 aromatic carbocycles. The van der Waals surface area contributed by atoms with Crippen LogP contribution in [0.3, 0.4) is 0 Å². The van der Waals surface area contributed by atoms with Gasteiger partial charge in [0.05, 0.1) is 6.04 Å². The molecule has 1 unspecified atom stereocenters. The number of amides is 1. The monoisotopic (exact) mass is 450 g/mol. The van der Waals surface area contributed by atoms with Gasteiger partial charge in [-0.25, -0.2) is 4.39 Å². The van der Waals surface area contributed by atoms with E-state index in [9.17, 15) is 9.18 Å². The van der Waals surface area contributed by atoms with E-state index in [2.05, 4.69) is 36.2 Å². The fourth-order valence-corrected chi connectivity index (χ4v) is 5.97. The summed E-state index contributed by atoms with van der Waals surface area (Å²) < 4.78 is 13.1. The van der Waals surface area contributed by atoms with Crippen molar-refractivity contribution in [3.63, 3.8) is 0 Å². The lowest BCUT2D eigenvalue weighted by Crippen LogP contribution is -2.45. The smallest absolute Gasteiger partial charge is 0.251 e. The Morgan fingerprint density at radius 3 is 2.18 bits per heavy atom. The van der Waals surface area contributed by atoms with Gasteiger partial charge in [0.2, 0.25) is 0 Å². The molecule has 0 spiro atoms. The second-order valence-corrected chi connectivity index (χ2v) is 10.7. The van der Waals surface area contributed by atoms with Gasteiger partial charge >= 0.3 is 0 Å². The average molecular weight is 451 g/mol. The van der Waals surface area contributed by atoms with Crippen molar-refractivity contribution < 1.29 is 9.18 Å². The summed E-state index contributed by atoms with van der Waals surface area (Å²) in [5.74, 6) is 2.11. The Balaban J connectivity index is 1.25. The fourth-order valence-electron chi connectivity index (χ4n) is 5.97. The first-order valence-electron chi connectivity index (χ1n) is 12.8. The summed E-state index contributed by atoms with van der Waals surface area (Å²) in [6.45, 7) is 9.22. The number of piperidine rings is 1. The minimum absolute atomic E-state index is 0.0948. The quantitative estimate of drug-likeness (QED) is 0.553. The van der Waals surface area contributed by atoms with Gasteiger partial charge in [0.25, 0.3) is 5.91 Å². The van der Waals surface area contributed by atoms with Gasteiger partial charge in [-0.15, -0.1) is 0 Å². The summed E-state index contributed by atoms with van der Waals surface area (Å²) in [4.78, 5) is 15.4. The third-order valence-electron chi connectivity index (χ3n) is 7.78. The van der Waals surface area contributed by atoms with Gasteiger partial charge in [0.15, 0.2) is 0 Å². The summed E-state index contributed by atoms with van der Waals surface area (Å²) in [5, 5.41) is 3.01. The van der Waals surface area contributed by atoms with Gasteiger partial charge < -0.3 is 10.2 Å². The number of nitrogens with one attached hydrogen (secondary N) is 1. The lowest BCUT2D eigenvalue weighted by molar-refractivity contribution is 0.0756. The first-order chi connectivity index (χ1) is 15.9. The van der Waals surface area contributed by atoms with Crippen molar-refractivity contribution in [3.8, 4) is 0 Å². The van der Waals surface area contributed by atoms with E-state index in [-0.39, 0.29) is 17.8 Å². The molecule has 1 heterocycles. The number of hydrogen-bond acceptors (Lipinski definition) is 2. The molecule has 4 rings (SSSR count). The van der Waals surface area contributed by atoms with E-state index in [1.165, 1.54) is 62.9 Å². The molecular formula is C29H39FN2O. The van der Waals surface area contributed by atoms with Gasteiger partial charge in [0, 0.05) is 11.6 Å². The highest BCUT2D eigenvalue weighted by Crippen LogP contribution is 2.34. The Kier molecular flexibility index (Phi) is 7.85. The van der Waals surface area contributed by atoms with Crippen LogP contribution in [0, 0.1) is 23.6 Å². The van der Waals surface area contributed by atoms with Crippen LogP contribution in [0.2, 0.25) is 0 Å². The van der Waals surface area contributed by atoms with Crippen LogP contribution in [0.15, 0.2) is 48.5 Å². The molecule has 2 fully saturated rings. The summed E-state index contributed by atoms with van der Waals surface area (Å²) in [5.41, 5.74) is 2.88. The van der Waals surface area contributed by atoms with Crippen LogP contribution in [0.1, 0.15) is 80.4 Å². The summed E-state index contributed by atoms with van der Waals surface area (Å²) >= 11 is 0. The van der Waals surface area contributed by atoms with Gasteiger partial charge in [0.1, 0.15) is 5.82 Å². The number of hydrogen-bond donors (Lipinski definition) is 1. The maximum atomic E-state index is 13.1. The van der Waals surface area contributed by atoms with Crippen LogP contribution in [0.4, 0.5) is 4.39 Å². The van der Waals surface area contributed by atoms with Crippen LogP contribution in [-0.2, 0) is 6.42 Å². The second-order valence-electron chi connectivity index (χ2n) is 10.7. The van der Waals surface area contributed by atoms with E-state index in [1.807, 2.05) is 19.1 Å². The van der Waals surface area contributed by atoms with Crippen LogP contribution in [0.25, 0.3) is 0 Å². The van der Waals surface area contributed by atoms with Gasteiger partial charge in [-0.3, -0.25) is 4.79 Å². The number of halogens is 1. The highest BCUT2D eigenvalue weighted by molar-refractivity contribution is 5.94. The number of carbonyl (C=O) groups is 1. The van der Waals surface area contributed by atoms with E-state index in [4.69, 9.17) is 0 Å². The van der Waals surface area contributed by atoms with Crippen LogP contribution < -0.4 is 5.32 Å². The van der Waals surface area contributed by atoms with Gasteiger partial charge in [-0.05, 0) is 112 Å². The number of benzene rings is 2. The van der Waals surface area contributed by atoms with E-state index in [0.717, 1.165) is 35.8 Å². The maximum Gasteiger partial charge on any atom is 0.251 e. The van der Waals surface area contributed by atoms with E-state index in [0.29, 0.717) is 5.56 Å². The SMILES string of the molecule is C[C@@H]1CC(N2CCC(Cc3ccc(C(=O)N[C@@H](C)c4ccc(F)cc4)cc3)CC2)C[C@H](C)C1. The largest absolute Gasteiger partial charge is 0.346 e. The standard InChI is InChI=1S/C29H39FN2O/c1-20-16-21(2)18-28(17-20)32-14-12-24(13-15-32)19-23-4-6-26(7-5-23)29(33)31-22(3)25-8-10-27(30)11-9-25/h4-11,20-22,24,28H,12-19H2,1-3H3,(H,31,33)/t20-,21+,22-,28?/m0/s1. The number of nitrogens with zero attached hydrogens (tertiary/aromatic N) is 1. The Morgan fingerprint density at radius 1 is 0.970 bits per heavy atom. The second kappa shape index (κ2) is 10.8. The lowest BCUT2D eigenvalue weighted by Gasteiger charge is -2.42. The number of likely N-dealkylation sites (tertiary alicyclic amines) is 1. The Bertz CT molecular complexity index is 892. The Labute approximate surface area is 198 Å². The molecule has 3 nitrogen and oxygen atoms in total. The van der Waals surface area contributed by atoms with Crippen molar-refractivity contribution in [1.29, 1.82) is 0 Å². The number of rotatable bonds is 6. The molecule has 4 heteroatoms. The zero-order valence-electron chi connectivity index (χ0n) is 20.4. The lowest BCUT2D eigenvalue weighted by atomic mass is 9.79. The highest BCUT2D eigenvalue weighted by atomic mass is 19.1. The molecule has 1 amide bonds. The summed E-state index contributed by atoms with van der Waals surface area (Å²) in [6.07, 6.45) is 7.79. The molecule has 0 bridgehead atoms. The molecule has 4 atom stereocenters. The van der Waals surface area contributed by atoms with Crippen molar-refractivity contribution in [3.05, 3.63) is 71.0 Å². The molecule has 1 aliphatic carbocycles. The molecule has 0 radical (unpaired) electrons. The molecule has 1 aliphatic heterocycles. The number of carbonyl (C=O) groups excluding carboxylic acids is 1. The van der Waals surface area contributed by atoms with E-state index in [1.54, 1.807) is 12.1 Å². The van der Waals surface area contributed by atoms with Crippen LogP contribution >= 0.6 is 0 Å². The van der Waals surface area contributed by atoms with Crippen molar-refractivity contribution >= 4 is 5.91 Å². The molecule has 1 saturated carbocycles. The molecular weight excluding hydrogens is 411 g/mol. The van der Waals surface area contributed by atoms with Crippen molar-refractivity contribution in [2.24, 2.45) is 17.8 Å². The average Bonchev–Trinajstić information content (AvgIpc) is 2.80. The molecule has 2 aromatic rings. The highest BCUT2D eigenvalue weighted by Gasteiger charge is 2.30. The van der Waals surface area contributed by atoms with Crippen LogP contribution in [-0.4, -0.2) is 29.9 Å². The first kappa shape index (κ1) is 23.9. The first-order valence-corrected chi connectivity index (χ1v) is 12.8. The minimum atomic E-state index is -0.267. The molecule has 1 saturated heterocycles. The minimum Gasteiger partial charge on any atom is -0.346 e. The molecule has 0 aromatic heterocycles. The molecule has 33 heavy (non-hydrogen) atoms. The zero-order valence-corrected chi connectivity index (χ0v) is 20.4. The molecule has 2 aliphatic rings. The van der Waals surface area contributed by atoms with Crippen LogP contribution in [0.5, 0.6) is 0 Å². The summed E-state index contributed by atoms with van der Waals surface area (Å²) in [7, 11) is 0. The van der Waals surface area contributed by atoms with Crippen molar-refractivity contribution in [2.45, 2.75) is 71.4 Å². The predicted octanol–water partition coefficient (Wildman–Crippen LogP) is 6.40. The van der Waals surface area contributed by atoms with Crippen molar-refractivity contribution in [2.75, 3.05) is 13.1 Å². The third kappa shape index (κ3) is 6.44. The predicted molar refractivity (Wildman–Crippen MR) is 133 cm³/mol. The molecule has 178 valence electrons. The fraction of sp³-hybridized carbons (Fsp3) is 0.552. The summed E-state index contributed by atoms with van der Waals surface area (Å²) in [6, 6.07) is 15.0. The topological polar surface area (TPSA) is 32.3 Å². The maximum absolute atomic E-state index is 13.1. The Hall–Kier alpha value is -2.20. The van der Waals surface area contributed by atoms with Gasteiger partial charge in [-0.1, -0.05) is 38.1 Å².